The molecule has 2 nitrogen and oxygen atoms in total. The van der Waals surface area contributed by atoms with Gasteiger partial charge >= 0.3 is 0 Å². The Hall–Kier alpha value is -0.150. The number of hydrogen-bond acceptors (Lipinski definition) is 2. The first-order chi connectivity index (χ1) is 7.65. The summed E-state index contributed by atoms with van der Waals surface area (Å²) in [6.45, 7) is 8.11. The van der Waals surface area contributed by atoms with Crippen molar-refractivity contribution in [2.45, 2.75) is 45.4 Å². The second-order valence-corrected chi connectivity index (χ2v) is 5.69. The third-order valence-corrected chi connectivity index (χ3v) is 3.93. The lowest BCUT2D eigenvalue weighted by Gasteiger charge is -2.38. The van der Waals surface area contributed by atoms with Gasteiger partial charge in [-0.2, -0.15) is 0 Å². The molecular formula is C13H24FNO. The van der Waals surface area contributed by atoms with Crippen molar-refractivity contribution in [3.8, 4) is 0 Å². The number of alkyl halides is 1. The Morgan fingerprint density at radius 2 is 2.19 bits per heavy atom. The minimum absolute atomic E-state index is 0.247. The lowest BCUT2D eigenvalue weighted by molar-refractivity contribution is -0.0752. The maximum Gasteiger partial charge on any atom is 0.124 e. The molecule has 0 aromatic carbocycles. The van der Waals surface area contributed by atoms with Gasteiger partial charge in [-0.05, 0) is 37.6 Å². The lowest BCUT2D eigenvalue weighted by Crippen LogP contribution is -2.45. The van der Waals surface area contributed by atoms with E-state index in [0.29, 0.717) is 18.9 Å². The van der Waals surface area contributed by atoms with Gasteiger partial charge in [0.1, 0.15) is 6.17 Å². The fraction of sp³-hybridized carbons (Fsp3) is 1.00. The number of halogens is 1. The molecule has 0 aromatic heterocycles. The van der Waals surface area contributed by atoms with Crippen molar-refractivity contribution in [3.63, 3.8) is 0 Å². The molecule has 0 spiro atoms. The molecule has 16 heavy (non-hydrogen) atoms. The summed E-state index contributed by atoms with van der Waals surface area (Å²) in [4.78, 5) is 2.49. The number of piperidine rings is 1. The monoisotopic (exact) mass is 229 g/mol. The molecule has 3 heteroatoms. The van der Waals surface area contributed by atoms with Gasteiger partial charge in [0.05, 0.1) is 12.7 Å². The zero-order chi connectivity index (χ0) is 11.5. The van der Waals surface area contributed by atoms with Gasteiger partial charge in [0.2, 0.25) is 0 Å². The highest BCUT2D eigenvalue weighted by molar-refractivity contribution is 4.80. The Bertz CT molecular complexity index is 224. The second kappa shape index (κ2) is 5.46. The molecule has 2 rings (SSSR count). The van der Waals surface area contributed by atoms with E-state index >= 15 is 0 Å². The Balaban J connectivity index is 1.80. The molecule has 2 aliphatic rings. The smallest absolute Gasteiger partial charge is 0.124 e. The second-order valence-electron chi connectivity index (χ2n) is 5.69. The highest BCUT2D eigenvalue weighted by Crippen LogP contribution is 2.25. The van der Waals surface area contributed by atoms with Crippen LogP contribution in [0.4, 0.5) is 4.39 Å². The topological polar surface area (TPSA) is 12.5 Å². The van der Waals surface area contributed by atoms with E-state index < -0.39 is 6.17 Å². The van der Waals surface area contributed by atoms with E-state index in [0.717, 1.165) is 12.5 Å². The summed E-state index contributed by atoms with van der Waals surface area (Å²) in [5.74, 6) is 1.17. The molecule has 0 aliphatic carbocycles. The number of hydrogen-bond donors (Lipinski definition) is 0. The maximum absolute atomic E-state index is 13.1. The van der Waals surface area contributed by atoms with Crippen LogP contribution in [0.15, 0.2) is 0 Å². The van der Waals surface area contributed by atoms with Gasteiger partial charge < -0.3 is 9.64 Å². The van der Waals surface area contributed by atoms with Gasteiger partial charge in [-0.3, -0.25) is 0 Å². The molecule has 94 valence electrons. The SMILES string of the molecule is C[C@@H]1CCCN(C[C@@H]2OC[C@@H](F)C[C@@H]2C)C1. The summed E-state index contributed by atoms with van der Waals surface area (Å²) < 4.78 is 18.7. The van der Waals surface area contributed by atoms with Crippen LogP contribution in [0.5, 0.6) is 0 Å². The van der Waals surface area contributed by atoms with Crippen molar-refractivity contribution in [1.29, 1.82) is 0 Å². The first-order valence-electron chi connectivity index (χ1n) is 6.63. The lowest BCUT2D eigenvalue weighted by atomic mass is 9.93. The van der Waals surface area contributed by atoms with Gasteiger partial charge in [-0.15, -0.1) is 0 Å². The van der Waals surface area contributed by atoms with E-state index in [1.54, 1.807) is 0 Å². The van der Waals surface area contributed by atoms with E-state index in [-0.39, 0.29) is 6.10 Å². The van der Waals surface area contributed by atoms with Crippen LogP contribution in [0.3, 0.4) is 0 Å². The quantitative estimate of drug-likeness (QED) is 0.721. The van der Waals surface area contributed by atoms with Gasteiger partial charge in [0, 0.05) is 13.1 Å². The van der Waals surface area contributed by atoms with Crippen LogP contribution < -0.4 is 0 Å². The summed E-state index contributed by atoms with van der Waals surface area (Å²) in [6, 6.07) is 0. The van der Waals surface area contributed by atoms with E-state index in [1.165, 1.54) is 25.9 Å². The van der Waals surface area contributed by atoms with Crippen molar-refractivity contribution in [2.75, 3.05) is 26.2 Å². The Morgan fingerprint density at radius 1 is 1.38 bits per heavy atom. The highest BCUT2D eigenvalue weighted by atomic mass is 19.1. The first kappa shape index (κ1) is 12.3. The van der Waals surface area contributed by atoms with Crippen molar-refractivity contribution in [3.05, 3.63) is 0 Å². The molecule has 4 atom stereocenters. The largest absolute Gasteiger partial charge is 0.374 e. The Labute approximate surface area is 98.1 Å². The number of rotatable bonds is 2. The summed E-state index contributed by atoms with van der Waals surface area (Å²) in [5, 5.41) is 0. The average Bonchev–Trinajstić information content (AvgIpc) is 2.22. The van der Waals surface area contributed by atoms with Crippen LogP contribution in [-0.2, 0) is 4.74 Å². The minimum atomic E-state index is -0.744. The Kier molecular flexibility index (Phi) is 4.20. The third kappa shape index (κ3) is 3.17. The maximum atomic E-state index is 13.1. The van der Waals surface area contributed by atoms with Crippen LogP contribution in [0.25, 0.3) is 0 Å². The first-order valence-corrected chi connectivity index (χ1v) is 6.63. The molecule has 0 saturated carbocycles. The molecule has 2 heterocycles. The molecule has 0 amide bonds. The van der Waals surface area contributed by atoms with Crippen LogP contribution >= 0.6 is 0 Å². The molecule has 0 aromatic rings. The predicted octanol–water partition coefficient (Wildman–Crippen LogP) is 2.48. The fourth-order valence-electron chi connectivity index (χ4n) is 2.96. The number of ether oxygens (including phenoxy) is 1. The molecule has 0 N–H and O–H groups in total. The molecule has 0 bridgehead atoms. The molecule has 2 saturated heterocycles. The van der Waals surface area contributed by atoms with E-state index in [2.05, 4.69) is 18.7 Å². The summed E-state index contributed by atoms with van der Waals surface area (Å²) >= 11 is 0. The van der Waals surface area contributed by atoms with Crippen molar-refractivity contribution < 1.29 is 9.13 Å². The van der Waals surface area contributed by atoms with E-state index in [9.17, 15) is 4.39 Å². The molecule has 0 unspecified atom stereocenters. The average molecular weight is 229 g/mol. The highest BCUT2D eigenvalue weighted by Gasteiger charge is 2.30. The zero-order valence-corrected chi connectivity index (χ0v) is 10.5. The van der Waals surface area contributed by atoms with Gasteiger partial charge in [-0.1, -0.05) is 13.8 Å². The van der Waals surface area contributed by atoms with E-state index in [1.807, 2.05) is 0 Å². The standard InChI is InChI=1S/C13H24FNO/c1-10-4-3-5-15(7-10)8-13-11(2)6-12(14)9-16-13/h10-13H,3-9H2,1-2H3/t10-,11+,12+,13+/m1/s1. The van der Waals surface area contributed by atoms with Gasteiger partial charge in [0.25, 0.3) is 0 Å². The van der Waals surface area contributed by atoms with Gasteiger partial charge in [-0.25, -0.2) is 4.39 Å². The molecule has 0 radical (unpaired) electrons. The fourth-order valence-corrected chi connectivity index (χ4v) is 2.96. The third-order valence-electron chi connectivity index (χ3n) is 3.93. The van der Waals surface area contributed by atoms with Crippen molar-refractivity contribution in [1.82, 2.24) is 4.90 Å². The van der Waals surface area contributed by atoms with Crippen molar-refractivity contribution in [2.24, 2.45) is 11.8 Å². The van der Waals surface area contributed by atoms with Crippen LogP contribution in [0.1, 0.15) is 33.1 Å². The number of nitrogens with zero attached hydrogens (tertiary/aromatic N) is 1. The molecular weight excluding hydrogens is 205 g/mol. The van der Waals surface area contributed by atoms with Crippen LogP contribution in [0, 0.1) is 11.8 Å². The molecule has 2 fully saturated rings. The normalized spacial score (nSPS) is 42.2. The van der Waals surface area contributed by atoms with Crippen molar-refractivity contribution >= 4 is 0 Å². The van der Waals surface area contributed by atoms with E-state index in [4.69, 9.17) is 4.74 Å². The number of likely N-dealkylation sites (tertiary alicyclic amines) is 1. The van der Waals surface area contributed by atoms with Gasteiger partial charge in [0.15, 0.2) is 0 Å². The summed E-state index contributed by atoms with van der Waals surface area (Å²) in [7, 11) is 0. The zero-order valence-electron chi connectivity index (χ0n) is 10.5. The Morgan fingerprint density at radius 3 is 2.88 bits per heavy atom. The molecule has 2 aliphatic heterocycles. The van der Waals surface area contributed by atoms with Crippen LogP contribution in [0.2, 0.25) is 0 Å². The van der Waals surface area contributed by atoms with Crippen LogP contribution in [-0.4, -0.2) is 43.4 Å². The summed E-state index contributed by atoms with van der Waals surface area (Å²) in [6.07, 6.45) is 2.83. The minimum Gasteiger partial charge on any atom is -0.374 e. The predicted molar refractivity (Wildman–Crippen MR) is 63.3 cm³/mol. The summed E-state index contributed by atoms with van der Waals surface area (Å²) in [5.41, 5.74) is 0.